The van der Waals surface area contributed by atoms with Gasteiger partial charge in [-0.1, -0.05) is 5.21 Å². The van der Waals surface area contributed by atoms with Crippen LogP contribution in [0.15, 0.2) is 24.5 Å². The molecule has 1 N–H and O–H groups in total. The van der Waals surface area contributed by atoms with Crippen LogP contribution in [0.1, 0.15) is 6.92 Å². The molecule has 1 aliphatic rings. The van der Waals surface area contributed by atoms with Crippen LogP contribution in [0, 0.1) is 11.6 Å². The molecule has 0 saturated carbocycles. The lowest BCUT2D eigenvalue weighted by Gasteiger charge is -2.34. The fourth-order valence-corrected chi connectivity index (χ4v) is 3.33. The maximum absolute atomic E-state index is 13.7. The zero-order chi connectivity index (χ0) is 20.4. The Balaban J connectivity index is 1.36. The van der Waals surface area contributed by atoms with Crippen molar-refractivity contribution in [2.75, 3.05) is 42.9 Å². The third-order valence-corrected chi connectivity index (χ3v) is 4.82. The number of aromatic nitrogens is 5. The first-order valence-electron chi connectivity index (χ1n) is 9.31. The number of aryl methyl sites for hydroxylation is 1. The van der Waals surface area contributed by atoms with Crippen molar-refractivity contribution in [3.05, 3.63) is 36.2 Å². The summed E-state index contributed by atoms with van der Waals surface area (Å²) in [4.78, 5) is 24.9. The van der Waals surface area contributed by atoms with Crippen LogP contribution in [0.4, 0.5) is 20.3 Å². The number of anilines is 2. The molecule has 29 heavy (non-hydrogen) atoms. The summed E-state index contributed by atoms with van der Waals surface area (Å²) in [5, 5.41) is 10.8. The summed E-state index contributed by atoms with van der Waals surface area (Å²) in [5.41, 5.74) is 1.32. The number of hydrogen-bond acceptors (Lipinski definition) is 7. The summed E-state index contributed by atoms with van der Waals surface area (Å²) in [6, 6.07) is 3.06. The van der Waals surface area contributed by atoms with Gasteiger partial charge in [-0.25, -0.2) is 23.4 Å². The van der Waals surface area contributed by atoms with Crippen molar-refractivity contribution in [3.8, 4) is 0 Å². The summed E-state index contributed by atoms with van der Waals surface area (Å²) in [6.07, 6.45) is 1.50. The molecule has 3 heterocycles. The Labute approximate surface area is 165 Å². The van der Waals surface area contributed by atoms with Crippen LogP contribution in [0.5, 0.6) is 0 Å². The van der Waals surface area contributed by atoms with Crippen molar-refractivity contribution in [2.45, 2.75) is 13.5 Å². The normalized spacial score (nSPS) is 15.1. The largest absolute Gasteiger partial charge is 0.352 e. The summed E-state index contributed by atoms with van der Waals surface area (Å²) >= 11 is 0. The van der Waals surface area contributed by atoms with Gasteiger partial charge in [0, 0.05) is 38.8 Å². The maximum Gasteiger partial charge on any atom is 0.238 e. The summed E-state index contributed by atoms with van der Waals surface area (Å²) in [6.45, 7) is 5.34. The first-order chi connectivity index (χ1) is 14.0. The number of amides is 1. The first kappa shape index (κ1) is 19.1. The molecule has 1 aromatic carbocycles. The summed E-state index contributed by atoms with van der Waals surface area (Å²) in [5.74, 6) is -1.10. The number of carbonyl (C=O) groups is 1. The van der Waals surface area contributed by atoms with Gasteiger partial charge in [-0.15, -0.1) is 5.10 Å². The number of hydrogen-bond donors (Lipinski definition) is 1. The highest BCUT2D eigenvalue weighted by Crippen LogP contribution is 2.21. The second kappa shape index (κ2) is 8.03. The highest BCUT2D eigenvalue weighted by molar-refractivity contribution is 5.92. The maximum atomic E-state index is 13.7. The smallest absolute Gasteiger partial charge is 0.238 e. The molecule has 0 radical (unpaired) electrons. The van der Waals surface area contributed by atoms with Crippen LogP contribution in [0.25, 0.3) is 11.2 Å². The Hall–Kier alpha value is -3.21. The number of nitrogens with zero attached hydrogens (tertiary/aromatic N) is 7. The van der Waals surface area contributed by atoms with Gasteiger partial charge in [-0.3, -0.25) is 9.69 Å². The lowest BCUT2D eigenvalue weighted by molar-refractivity contribution is -0.117. The topological polar surface area (TPSA) is 92.1 Å². The standard InChI is InChI=1S/C18H20F2N8O/c1-2-28-18-16(24-25-28)17(21-11-22-18)27-7-5-26(6-8-27)10-15(29)23-14-4-3-12(19)9-13(14)20/h3-4,9,11H,2,5-8,10H2,1H3,(H,23,29). The third-order valence-electron chi connectivity index (χ3n) is 4.82. The van der Waals surface area contributed by atoms with Gasteiger partial charge < -0.3 is 10.2 Å². The molecule has 2 aromatic heterocycles. The van der Waals surface area contributed by atoms with Crippen LogP contribution in [-0.4, -0.2) is 68.5 Å². The van der Waals surface area contributed by atoms with E-state index in [0.717, 1.165) is 18.0 Å². The summed E-state index contributed by atoms with van der Waals surface area (Å²) in [7, 11) is 0. The van der Waals surface area contributed by atoms with Crippen LogP contribution in [0.2, 0.25) is 0 Å². The average molecular weight is 402 g/mol. The highest BCUT2D eigenvalue weighted by atomic mass is 19.1. The van der Waals surface area contributed by atoms with E-state index in [9.17, 15) is 13.6 Å². The lowest BCUT2D eigenvalue weighted by Crippen LogP contribution is -2.49. The number of piperazine rings is 1. The fourth-order valence-electron chi connectivity index (χ4n) is 3.33. The fraction of sp³-hybridized carbons (Fsp3) is 0.389. The second-order valence-electron chi connectivity index (χ2n) is 6.71. The number of benzene rings is 1. The number of rotatable bonds is 5. The van der Waals surface area contributed by atoms with Gasteiger partial charge in [0.2, 0.25) is 5.91 Å². The average Bonchev–Trinajstić information content (AvgIpc) is 3.14. The number of carbonyl (C=O) groups excluding carboxylic acids is 1. The minimum atomic E-state index is -0.795. The number of halogens is 2. The molecular formula is C18H20F2N8O. The quantitative estimate of drug-likeness (QED) is 0.687. The van der Waals surface area contributed by atoms with Crippen LogP contribution in [0.3, 0.4) is 0 Å². The van der Waals surface area contributed by atoms with E-state index >= 15 is 0 Å². The molecule has 11 heteroatoms. The molecule has 152 valence electrons. The van der Waals surface area contributed by atoms with E-state index in [-0.39, 0.29) is 18.1 Å². The van der Waals surface area contributed by atoms with Crippen molar-refractivity contribution >= 4 is 28.6 Å². The molecular weight excluding hydrogens is 382 g/mol. The van der Waals surface area contributed by atoms with Gasteiger partial charge in [-0.2, -0.15) is 0 Å². The molecule has 3 aromatic rings. The Kier molecular flexibility index (Phi) is 5.30. The molecule has 0 unspecified atom stereocenters. The zero-order valence-electron chi connectivity index (χ0n) is 15.8. The Morgan fingerprint density at radius 2 is 1.97 bits per heavy atom. The molecule has 1 amide bonds. The van der Waals surface area contributed by atoms with Crippen molar-refractivity contribution in [1.29, 1.82) is 0 Å². The van der Waals surface area contributed by atoms with Gasteiger partial charge in [-0.05, 0) is 19.1 Å². The van der Waals surface area contributed by atoms with Gasteiger partial charge in [0.25, 0.3) is 0 Å². The molecule has 9 nitrogen and oxygen atoms in total. The molecule has 1 aliphatic heterocycles. The Morgan fingerprint density at radius 3 is 2.69 bits per heavy atom. The number of nitrogens with one attached hydrogen (secondary N) is 1. The predicted molar refractivity (Wildman–Crippen MR) is 102 cm³/mol. The monoisotopic (exact) mass is 402 g/mol. The van der Waals surface area contributed by atoms with Crippen molar-refractivity contribution < 1.29 is 13.6 Å². The molecule has 1 fully saturated rings. The van der Waals surface area contributed by atoms with E-state index in [1.165, 1.54) is 12.4 Å². The molecule has 4 rings (SSSR count). The molecule has 0 spiro atoms. The number of fused-ring (bicyclic) bond motifs is 1. The van der Waals surface area contributed by atoms with Crippen LogP contribution in [-0.2, 0) is 11.3 Å². The minimum absolute atomic E-state index is 0.0302. The molecule has 0 atom stereocenters. The molecule has 1 saturated heterocycles. The van der Waals surface area contributed by atoms with E-state index < -0.39 is 11.6 Å². The van der Waals surface area contributed by atoms with Crippen molar-refractivity contribution in [3.63, 3.8) is 0 Å². The predicted octanol–water partition coefficient (Wildman–Crippen LogP) is 1.28. The molecule has 0 bridgehead atoms. The van der Waals surface area contributed by atoms with Crippen LogP contribution >= 0.6 is 0 Å². The lowest BCUT2D eigenvalue weighted by atomic mass is 10.2. The van der Waals surface area contributed by atoms with Gasteiger partial charge >= 0.3 is 0 Å². The van der Waals surface area contributed by atoms with E-state index in [0.29, 0.717) is 43.9 Å². The van der Waals surface area contributed by atoms with Gasteiger partial charge in [0.1, 0.15) is 18.0 Å². The Morgan fingerprint density at radius 1 is 1.17 bits per heavy atom. The third kappa shape index (κ3) is 3.99. The van der Waals surface area contributed by atoms with Gasteiger partial charge in [0.05, 0.1) is 12.2 Å². The van der Waals surface area contributed by atoms with Crippen molar-refractivity contribution in [1.82, 2.24) is 29.9 Å². The zero-order valence-corrected chi connectivity index (χ0v) is 15.8. The van der Waals surface area contributed by atoms with E-state index in [1.54, 1.807) is 4.68 Å². The Bertz CT molecular complexity index is 1030. The second-order valence-corrected chi connectivity index (χ2v) is 6.71. The highest BCUT2D eigenvalue weighted by Gasteiger charge is 2.23. The first-order valence-corrected chi connectivity index (χ1v) is 9.31. The van der Waals surface area contributed by atoms with E-state index in [2.05, 4.69) is 30.5 Å². The SMILES string of the molecule is CCn1nnc2c(N3CCN(CC(=O)Nc4ccc(F)cc4F)CC3)ncnc21. The summed E-state index contributed by atoms with van der Waals surface area (Å²) < 4.78 is 28.4. The van der Waals surface area contributed by atoms with Gasteiger partial charge in [0.15, 0.2) is 17.0 Å². The van der Waals surface area contributed by atoms with Crippen LogP contribution < -0.4 is 10.2 Å². The minimum Gasteiger partial charge on any atom is -0.352 e. The van der Waals surface area contributed by atoms with Crippen molar-refractivity contribution in [2.24, 2.45) is 0 Å². The van der Waals surface area contributed by atoms with E-state index in [1.807, 2.05) is 11.8 Å². The molecule has 0 aliphatic carbocycles. The van der Waals surface area contributed by atoms with E-state index in [4.69, 9.17) is 0 Å².